The van der Waals surface area contributed by atoms with Crippen molar-refractivity contribution in [3.63, 3.8) is 0 Å². The highest BCUT2D eigenvalue weighted by Gasteiger charge is 1.97. The molecular formula is C6H10N2. The Labute approximate surface area is 49.6 Å². The van der Waals surface area contributed by atoms with Crippen molar-refractivity contribution >= 4 is 0 Å². The highest BCUT2D eigenvalue weighted by atomic mass is 14.7. The Morgan fingerprint density at radius 2 is 2.38 bits per heavy atom. The molecule has 0 aliphatic rings. The molecule has 44 valence electrons. The Bertz CT molecular complexity index is 121. The van der Waals surface area contributed by atoms with E-state index in [1.165, 1.54) is 0 Å². The third-order valence-corrected chi connectivity index (χ3v) is 0.814. The van der Waals surface area contributed by atoms with Crippen LogP contribution in [-0.2, 0) is 0 Å². The minimum atomic E-state index is -0.236. The van der Waals surface area contributed by atoms with Crippen LogP contribution in [0.2, 0.25) is 0 Å². The predicted molar refractivity (Wildman–Crippen MR) is 34.8 cm³/mol. The highest BCUT2D eigenvalue weighted by molar-refractivity contribution is 5.04. The van der Waals surface area contributed by atoms with Crippen LogP contribution in [-0.4, -0.2) is 6.04 Å². The maximum atomic E-state index is 5.36. The van der Waals surface area contributed by atoms with E-state index >= 15 is 0 Å². The van der Waals surface area contributed by atoms with Gasteiger partial charge in [-0.25, -0.2) is 0 Å². The molecule has 0 aliphatic heterocycles. The van der Waals surface area contributed by atoms with E-state index in [1.54, 1.807) is 0 Å². The zero-order valence-corrected chi connectivity index (χ0v) is 4.72. The van der Waals surface area contributed by atoms with E-state index in [9.17, 15) is 0 Å². The lowest BCUT2D eigenvalue weighted by atomic mass is 10.2. The average molecular weight is 110 g/mol. The van der Waals surface area contributed by atoms with E-state index in [4.69, 9.17) is 17.9 Å². The van der Waals surface area contributed by atoms with E-state index in [1.807, 2.05) is 0 Å². The van der Waals surface area contributed by atoms with Crippen LogP contribution in [0, 0.1) is 12.3 Å². The van der Waals surface area contributed by atoms with Crippen LogP contribution in [0.25, 0.3) is 0 Å². The third-order valence-electron chi connectivity index (χ3n) is 0.814. The van der Waals surface area contributed by atoms with E-state index < -0.39 is 0 Å². The molecule has 0 bridgehead atoms. The van der Waals surface area contributed by atoms with Gasteiger partial charge in [0.1, 0.15) is 0 Å². The molecule has 0 heterocycles. The lowest BCUT2D eigenvalue weighted by molar-refractivity contribution is 0.790. The van der Waals surface area contributed by atoms with Crippen LogP contribution in [0.5, 0.6) is 0 Å². The van der Waals surface area contributed by atoms with Crippen molar-refractivity contribution < 1.29 is 0 Å². The summed E-state index contributed by atoms with van der Waals surface area (Å²) in [5.74, 6) is 2.38. The summed E-state index contributed by atoms with van der Waals surface area (Å²) in [4.78, 5) is 0. The van der Waals surface area contributed by atoms with Gasteiger partial charge in [0.05, 0.1) is 6.04 Å². The molecular weight excluding hydrogens is 100 g/mol. The Kier molecular flexibility index (Phi) is 2.75. The lowest BCUT2D eigenvalue weighted by Crippen LogP contribution is -2.25. The van der Waals surface area contributed by atoms with Crippen molar-refractivity contribution in [2.45, 2.75) is 12.5 Å². The van der Waals surface area contributed by atoms with Crippen molar-refractivity contribution in [2.24, 2.45) is 11.5 Å². The van der Waals surface area contributed by atoms with E-state index in [2.05, 4.69) is 12.5 Å². The van der Waals surface area contributed by atoms with Crippen molar-refractivity contribution in [3.05, 3.63) is 12.3 Å². The summed E-state index contributed by atoms with van der Waals surface area (Å²) < 4.78 is 0. The van der Waals surface area contributed by atoms with Crippen LogP contribution in [0.15, 0.2) is 12.3 Å². The lowest BCUT2D eigenvalue weighted by Gasteiger charge is -2.04. The molecule has 0 unspecified atom stereocenters. The molecule has 0 spiro atoms. The van der Waals surface area contributed by atoms with Gasteiger partial charge in [0.2, 0.25) is 0 Å². The molecule has 0 aromatic rings. The largest absolute Gasteiger partial charge is 0.401 e. The predicted octanol–water partition coefficient (Wildman–Crippen LogP) is -0.191. The van der Waals surface area contributed by atoms with Gasteiger partial charge in [-0.05, 0) is 0 Å². The Balaban J connectivity index is 3.52. The van der Waals surface area contributed by atoms with Crippen molar-refractivity contribution in [3.8, 4) is 12.3 Å². The van der Waals surface area contributed by atoms with Gasteiger partial charge in [0.15, 0.2) is 0 Å². The molecule has 0 saturated heterocycles. The van der Waals surface area contributed by atoms with Gasteiger partial charge < -0.3 is 11.5 Å². The standard InChI is InChI=1S/C6H10N2/c1-3-4-6(8)5(2)7/h1,6H,2,4,7-8H2/t6-/m0/s1. The van der Waals surface area contributed by atoms with Crippen molar-refractivity contribution in [2.75, 3.05) is 0 Å². The highest BCUT2D eigenvalue weighted by Crippen LogP contribution is 1.90. The van der Waals surface area contributed by atoms with Gasteiger partial charge in [0, 0.05) is 12.1 Å². The fraction of sp³-hybridized carbons (Fsp3) is 0.333. The Morgan fingerprint density at radius 1 is 1.88 bits per heavy atom. The third kappa shape index (κ3) is 2.27. The van der Waals surface area contributed by atoms with E-state index in [-0.39, 0.29) is 6.04 Å². The number of nitrogens with two attached hydrogens (primary N) is 2. The summed E-state index contributed by atoms with van der Waals surface area (Å²) in [6, 6.07) is -0.236. The van der Waals surface area contributed by atoms with Gasteiger partial charge in [-0.2, -0.15) is 0 Å². The second kappa shape index (κ2) is 3.11. The van der Waals surface area contributed by atoms with Gasteiger partial charge in [0.25, 0.3) is 0 Å². The SMILES string of the molecule is C#CC[C@H](N)C(=C)N. The first-order chi connectivity index (χ1) is 3.68. The summed E-state index contributed by atoms with van der Waals surface area (Å²) >= 11 is 0. The number of rotatable bonds is 2. The molecule has 0 saturated carbocycles. The number of hydrogen-bond acceptors (Lipinski definition) is 2. The minimum absolute atomic E-state index is 0.236. The minimum Gasteiger partial charge on any atom is -0.401 e. The van der Waals surface area contributed by atoms with Gasteiger partial charge in [-0.1, -0.05) is 6.58 Å². The Hall–Kier alpha value is -0.940. The summed E-state index contributed by atoms with van der Waals surface area (Å²) in [7, 11) is 0. The van der Waals surface area contributed by atoms with Gasteiger partial charge in [-0.15, -0.1) is 12.3 Å². The Morgan fingerprint density at radius 3 is 2.50 bits per heavy atom. The van der Waals surface area contributed by atoms with Crippen molar-refractivity contribution in [1.82, 2.24) is 0 Å². The van der Waals surface area contributed by atoms with Crippen LogP contribution in [0.1, 0.15) is 6.42 Å². The first-order valence-electron chi connectivity index (χ1n) is 2.31. The summed E-state index contributed by atoms with van der Waals surface area (Å²) in [6.45, 7) is 3.43. The first-order valence-corrected chi connectivity index (χ1v) is 2.31. The second-order valence-electron chi connectivity index (χ2n) is 1.59. The first kappa shape index (κ1) is 7.06. The van der Waals surface area contributed by atoms with Crippen LogP contribution >= 0.6 is 0 Å². The van der Waals surface area contributed by atoms with E-state index in [0.29, 0.717) is 12.1 Å². The normalized spacial score (nSPS) is 12.0. The quantitative estimate of drug-likeness (QED) is 0.484. The molecule has 2 nitrogen and oxygen atoms in total. The molecule has 0 aromatic carbocycles. The fourth-order valence-electron chi connectivity index (χ4n) is 0.258. The average Bonchev–Trinajstić information content (AvgIpc) is 1.67. The summed E-state index contributed by atoms with van der Waals surface area (Å²) in [5, 5.41) is 0. The van der Waals surface area contributed by atoms with Crippen LogP contribution < -0.4 is 11.5 Å². The number of hydrogen-bond donors (Lipinski definition) is 2. The zero-order chi connectivity index (χ0) is 6.57. The molecule has 8 heavy (non-hydrogen) atoms. The molecule has 0 rings (SSSR count). The summed E-state index contributed by atoms with van der Waals surface area (Å²) in [5.41, 5.74) is 11.0. The molecule has 0 aliphatic carbocycles. The van der Waals surface area contributed by atoms with Crippen LogP contribution in [0.3, 0.4) is 0 Å². The topological polar surface area (TPSA) is 52.0 Å². The second-order valence-corrected chi connectivity index (χ2v) is 1.59. The maximum absolute atomic E-state index is 5.36. The molecule has 2 heteroatoms. The smallest absolute Gasteiger partial charge is 0.0547 e. The van der Waals surface area contributed by atoms with Gasteiger partial charge >= 0.3 is 0 Å². The molecule has 1 atom stereocenters. The van der Waals surface area contributed by atoms with E-state index in [0.717, 1.165) is 0 Å². The van der Waals surface area contributed by atoms with Crippen molar-refractivity contribution in [1.29, 1.82) is 0 Å². The fourth-order valence-corrected chi connectivity index (χ4v) is 0.258. The monoisotopic (exact) mass is 110 g/mol. The van der Waals surface area contributed by atoms with Gasteiger partial charge in [-0.3, -0.25) is 0 Å². The molecule has 0 amide bonds. The molecule has 0 aromatic heterocycles. The molecule has 0 fully saturated rings. The zero-order valence-electron chi connectivity index (χ0n) is 4.72. The maximum Gasteiger partial charge on any atom is 0.0547 e. The molecule has 0 radical (unpaired) electrons. The van der Waals surface area contributed by atoms with Crippen LogP contribution in [0.4, 0.5) is 0 Å². The molecule has 4 N–H and O–H groups in total. The summed E-state index contributed by atoms with van der Waals surface area (Å²) in [6.07, 6.45) is 5.41. The number of terminal acetylenes is 1.